The maximum atomic E-state index is 12.0. The van der Waals surface area contributed by atoms with Crippen LogP contribution >= 0.6 is 34.5 Å². The first-order valence-corrected chi connectivity index (χ1v) is 11.5. The van der Waals surface area contributed by atoms with Gasteiger partial charge in [0.25, 0.3) is 10.0 Å². The molecule has 31 heavy (non-hydrogen) atoms. The molecule has 0 atom stereocenters. The summed E-state index contributed by atoms with van der Waals surface area (Å²) in [6.07, 6.45) is 1.48. The molecule has 5 N–H and O–H groups in total. The van der Waals surface area contributed by atoms with E-state index < -0.39 is 16.0 Å². The van der Waals surface area contributed by atoms with Crippen LogP contribution in [0.15, 0.2) is 63.3 Å². The van der Waals surface area contributed by atoms with Crippen LogP contribution < -0.4 is 16.8 Å². The molecule has 0 aliphatic rings. The second-order valence-electron chi connectivity index (χ2n) is 6.00. The number of nitriles is 1. The third-order valence-corrected chi connectivity index (χ3v) is 6.77. The standard InChI is InChI=1S/C19H14Cl2N6O2S2/c20-15-6-1-11(7-16(15)21)17-10-30-18(26-17)12(8-22)9-25-13-2-4-14(5-3-13)31(28,29)27-19(23)24/h1-7,9-10,25H,(H4,23,24,27)/b12-9+. The number of halogens is 2. The van der Waals surface area contributed by atoms with Gasteiger partial charge in [-0.15, -0.1) is 15.7 Å². The van der Waals surface area contributed by atoms with Gasteiger partial charge in [0.2, 0.25) is 5.96 Å². The van der Waals surface area contributed by atoms with E-state index in [1.165, 1.54) is 41.8 Å². The zero-order valence-corrected chi connectivity index (χ0v) is 18.7. The Morgan fingerprint density at radius 1 is 1.16 bits per heavy atom. The maximum absolute atomic E-state index is 12.0. The minimum absolute atomic E-state index is 0.0675. The number of benzene rings is 2. The van der Waals surface area contributed by atoms with Gasteiger partial charge in [-0.2, -0.15) is 13.7 Å². The predicted molar refractivity (Wildman–Crippen MR) is 124 cm³/mol. The van der Waals surface area contributed by atoms with Gasteiger partial charge in [-0.25, -0.2) is 4.98 Å². The minimum Gasteiger partial charge on any atom is -0.369 e. The molecule has 1 aromatic heterocycles. The number of hydrogen-bond acceptors (Lipinski definition) is 6. The molecule has 0 fully saturated rings. The molecule has 8 nitrogen and oxygen atoms in total. The highest BCUT2D eigenvalue weighted by Gasteiger charge is 2.13. The number of nitrogens with zero attached hydrogens (tertiary/aromatic N) is 3. The second kappa shape index (κ2) is 9.36. The minimum atomic E-state index is -3.97. The van der Waals surface area contributed by atoms with Gasteiger partial charge in [0.05, 0.1) is 20.6 Å². The molecule has 0 amide bonds. The highest BCUT2D eigenvalue weighted by Crippen LogP contribution is 2.31. The number of hydrogen-bond donors (Lipinski definition) is 3. The van der Waals surface area contributed by atoms with Crippen LogP contribution in [-0.4, -0.2) is 19.4 Å². The molecule has 12 heteroatoms. The number of anilines is 1. The summed E-state index contributed by atoms with van der Waals surface area (Å²) in [6.45, 7) is 0. The highest BCUT2D eigenvalue weighted by atomic mass is 35.5. The van der Waals surface area contributed by atoms with Gasteiger partial charge in [-0.3, -0.25) is 0 Å². The summed E-state index contributed by atoms with van der Waals surface area (Å²) in [5.41, 5.74) is 12.6. The summed E-state index contributed by atoms with van der Waals surface area (Å²) in [7, 11) is -3.97. The molecule has 0 spiro atoms. The zero-order valence-electron chi connectivity index (χ0n) is 15.6. The van der Waals surface area contributed by atoms with E-state index in [-0.39, 0.29) is 4.90 Å². The molecule has 0 saturated carbocycles. The smallest absolute Gasteiger partial charge is 0.285 e. The van der Waals surface area contributed by atoms with Gasteiger partial charge >= 0.3 is 0 Å². The van der Waals surface area contributed by atoms with Crippen molar-refractivity contribution < 1.29 is 8.42 Å². The Balaban J connectivity index is 1.79. The first kappa shape index (κ1) is 22.6. The van der Waals surface area contributed by atoms with Gasteiger partial charge < -0.3 is 16.8 Å². The molecular formula is C19H14Cl2N6O2S2. The Morgan fingerprint density at radius 3 is 2.48 bits per heavy atom. The van der Waals surface area contributed by atoms with Crippen molar-refractivity contribution in [2.24, 2.45) is 15.9 Å². The molecule has 3 aromatic rings. The summed E-state index contributed by atoms with van der Waals surface area (Å²) in [5.74, 6) is -0.549. The van der Waals surface area contributed by atoms with Crippen molar-refractivity contribution in [3.05, 3.63) is 69.1 Å². The van der Waals surface area contributed by atoms with Gasteiger partial charge in [-0.05, 0) is 36.4 Å². The van der Waals surface area contributed by atoms with E-state index in [0.717, 1.165) is 5.56 Å². The van der Waals surface area contributed by atoms with E-state index in [1.807, 2.05) is 5.38 Å². The summed E-state index contributed by atoms with van der Waals surface area (Å²) < 4.78 is 27.2. The van der Waals surface area contributed by atoms with Crippen LogP contribution in [-0.2, 0) is 10.0 Å². The van der Waals surface area contributed by atoms with Crippen molar-refractivity contribution in [2.45, 2.75) is 4.90 Å². The van der Waals surface area contributed by atoms with E-state index in [2.05, 4.69) is 20.8 Å². The van der Waals surface area contributed by atoms with Gasteiger partial charge in [-0.1, -0.05) is 29.3 Å². The number of nitrogens with two attached hydrogens (primary N) is 2. The summed E-state index contributed by atoms with van der Waals surface area (Å²) >= 11 is 13.3. The van der Waals surface area contributed by atoms with Crippen LogP contribution in [0, 0.1) is 11.3 Å². The lowest BCUT2D eigenvalue weighted by Gasteiger charge is -2.04. The number of guanidine groups is 1. The van der Waals surface area contributed by atoms with Crippen LogP contribution in [0.2, 0.25) is 10.0 Å². The second-order valence-corrected chi connectivity index (χ2v) is 9.27. The topological polar surface area (TPSA) is 147 Å². The molecule has 3 rings (SSSR count). The van der Waals surface area contributed by atoms with Crippen molar-refractivity contribution in [1.82, 2.24) is 4.98 Å². The first-order valence-electron chi connectivity index (χ1n) is 8.44. The van der Waals surface area contributed by atoms with Crippen molar-refractivity contribution in [1.29, 1.82) is 5.26 Å². The number of thiazole rings is 1. The quantitative estimate of drug-likeness (QED) is 0.267. The van der Waals surface area contributed by atoms with Crippen molar-refractivity contribution in [3.63, 3.8) is 0 Å². The lowest BCUT2D eigenvalue weighted by Crippen LogP contribution is -2.24. The average molecular weight is 493 g/mol. The Bertz CT molecular complexity index is 1320. The fourth-order valence-corrected chi connectivity index (χ4v) is 4.35. The van der Waals surface area contributed by atoms with E-state index in [9.17, 15) is 13.7 Å². The number of sulfonamides is 1. The molecular weight excluding hydrogens is 479 g/mol. The lowest BCUT2D eigenvalue weighted by molar-refractivity contribution is 0.598. The summed E-state index contributed by atoms with van der Waals surface area (Å²) in [5, 5.41) is 15.6. The average Bonchev–Trinajstić information content (AvgIpc) is 3.20. The van der Waals surface area contributed by atoms with Crippen LogP contribution in [0.4, 0.5) is 5.69 Å². The van der Waals surface area contributed by atoms with Crippen molar-refractivity contribution in [3.8, 4) is 17.3 Å². The normalized spacial score (nSPS) is 11.6. The number of nitrogens with one attached hydrogen (secondary N) is 1. The van der Waals surface area contributed by atoms with Crippen LogP contribution in [0.5, 0.6) is 0 Å². The van der Waals surface area contributed by atoms with E-state index in [1.54, 1.807) is 18.2 Å². The van der Waals surface area contributed by atoms with E-state index >= 15 is 0 Å². The Kier molecular flexibility index (Phi) is 6.82. The van der Waals surface area contributed by atoms with Gasteiger partial charge in [0.1, 0.15) is 16.6 Å². The monoisotopic (exact) mass is 492 g/mol. The molecule has 0 bridgehead atoms. The number of allylic oxidation sites excluding steroid dienone is 1. The first-order chi connectivity index (χ1) is 14.7. The zero-order chi connectivity index (χ0) is 22.6. The maximum Gasteiger partial charge on any atom is 0.285 e. The number of aromatic nitrogens is 1. The van der Waals surface area contributed by atoms with Gasteiger partial charge in [0.15, 0.2) is 0 Å². The summed E-state index contributed by atoms with van der Waals surface area (Å²) in [4.78, 5) is 4.41. The Morgan fingerprint density at radius 2 is 1.87 bits per heavy atom. The molecule has 2 aromatic carbocycles. The fourth-order valence-electron chi connectivity index (χ4n) is 2.40. The van der Waals surface area contributed by atoms with E-state index in [0.29, 0.717) is 32.0 Å². The Hall–Kier alpha value is -3.10. The molecule has 158 valence electrons. The molecule has 0 aliphatic heterocycles. The molecule has 0 saturated heterocycles. The third kappa shape index (κ3) is 5.53. The van der Waals surface area contributed by atoms with Crippen LogP contribution in [0.25, 0.3) is 16.8 Å². The largest absolute Gasteiger partial charge is 0.369 e. The predicted octanol–water partition coefficient (Wildman–Crippen LogP) is 4.06. The van der Waals surface area contributed by atoms with E-state index in [4.69, 9.17) is 34.7 Å². The lowest BCUT2D eigenvalue weighted by atomic mass is 10.2. The number of rotatable bonds is 6. The molecule has 0 aliphatic carbocycles. The van der Waals surface area contributed by atoms with Crippen molar-refractivity contribution in [2.75, 3.05) is 5.32 Å². The third-order valence-electron chi connectivity index (χ3n) is 3.83. The van der Waals surface area contributed by atoms with Gasteiger partial charge in [0, 0.05) is 22.8 Å². The SMILES string of the molecule is N#C/C(=C\Nc1ccc(S(=O)(=O)N=C(N)N)cc1)c1nc(-c2ccc(Cl)c(Cl)c2)cs1. The highest BCUT2D eigenvalue weighted by molar-refractivity contribution is 7.90. The summed E-state index contributed by atoms with van der Waals surface area (Å²) in [6, 6.07) is 13.0. The van der Waals surface area contributed by atoms with Crippen LogP contribution in [0.3, 0.4) is 0 Å². The molecule has 0 unspecified atom stereocenters. The van der Waals surface area contributed by atoms with Crippen molar-refractivity contribution >= 4 is 61.8 Å². The molecule has 1 heterocycles. The fraction of sp³-hybridized carbons (Fsp3) is 0. The van der Waals surface area contributed by atoms with Crippen LogP contribution in [0.1, 0.15) is 5.01 Å². The molecule has 0 radical (unpaired) electrons. The Labute approximate surface area is 192 Å².